The second kappa shape index (κ2) is 15.0. The number of rotatable bonds is 15. The maximum Gasteiger partial charge on any atom is 0.186 e. The summed E-state index contributed by atoms with van der Waals surface area (Å²) in [5.74, 6) is -2.04. The lowest BCUT2D eigenvalue weighted by Crippen LogP contribution is -2.52. The Labute approximate surface area is 267 Å². The zero-order valence-electron chi connectivity index (χ0n) is 27.0. The molecule has 0 aliphatic carbocycles. The average Bonchev–Trinajstić information content (AvgIpc) is 3.69. The lowest BCUT2D eigenvalue weighted by molar-refractivity contribution is -0.185. The molecule has 0 aromatic heterocycles. The predicted octanol–water partition coefficient (Wildman–Crippen LogP) is 5.57. The predicted molar refractivity (Wildman–Crippen MR) is 168 cm³/mol. The summed E-state index contributed by atoms with van der Waals surface area (Å²) in [6, 6.07) is 20.0. The van der Waals surface area contributed by atoms with Crippen molar-refractivity contribution in [2.24, 2.45) is 5.92 Å². The minimum atomic E-state index is -0.886. The number of ether oxygens (including phenoxy) is 9. The van der Waals surface area contributed by atoms with Gasteiger partial charge in [-0.2, -0.15) is 0 Å². The Morgan fingerprint density at radius 1 is 0.822 bits per heavy atom. The van der Waals surface area contributed by atoms with Gasteiger partial charge in [0.2, 0.25) is 0 Å². The second-order valence-electron chi connectivity index (χ2n) is 12.6. The van der Waals surface area contributed by atoms with Gasteiger partial charge in [-0.15, -0.1) is 13.2 Å². The van der Waals surface area contributed by atoms with Crippen molar-refractivity contribution in [1.82, 2.24) is 0 Å². The van der Waals surface area contributed by atoms with E-state index in [1.54, 1.807) is 13.2 Å². The van der Waals surface area contributed by atoms with Gasteiger partial charge in [-0.05, 0) is 38.8 Å². The van der Waals surface area contributed by atoms with Crippen LogP contribution in [0.3, 0.4) is 0 Å². The van der Waals surface area contributed by atoms with Crippen LogP contribution in [0.4, 0.5) is 0 Å². The van der Waals surface area contributed by atoms with E-state index in [2.05, 4.69) is 13.2 Å². The molecule has 0 unspecified atom stereocenters. The van der Waals surface area contributed by atoms with E-state index in [1.807, 2.05) is 94.4 Å². The molecular formula is C36H48O9. The van der Waals surface area contributed by atoms with Crippen molar-refractivity contribution < 1.29 is 42.6 Å². The molecule has 3 saturated heterocycles. The Morgan fingerprint density at radius 3 is 1.98 bits per heavy atom. The van der Waals surface area contributed by atoms with E-state index in [4.69, 9.17) is 42.6 Å². The third-order valence-electron chi connectivity index (χ3n) is 8.33. The number of methoxy groups -OCH3 is 1. The van der Waals surface area contributed by atoms with Crippen LogP contribution in [-0.4, -0.2) is 80.9 Å². The van der Waals surface area contributed by atoms with Crippen LogP contribution in [0.1, 0.15) is 38.8 Å². The highest BCUT2D eigenvalue weighted by atomic mass is 16.8. The highest BCUT2D eigenvalue weighted by Gasteiger charge is 2.57. The molecule has 0 amide bonds. The molecule has 2 aromatic carbocycles. The van der Waals surface area contributed by atoms with Crippen LogP contribution in [0.25, 0.3) is 0 Å². The van der Waals surface area contributed by atoms with Crippen LogP contribution >= 0.6 is 0 Å². The van der Waals surface area contributed by atoms with Crippen molar-refractivity contribution in [2.75, 3.05) is 20.3 Å². The van der Waals surface area contributed by atoms with E-state index in [-0.39, 0.29) is 12.7 Å². The van der Waals surface area contributed by atoms with Gasteiger partial charge in [0.1, 0.15) is 30.5 Å². The molecule has 45 heavy (non-hydrogen) atoms. The van der Waals surface area contributed by atoms with Gasteiger partial charge >= 0.3 is 0 Å². The lowest BCUT2D eigenvalue weighted by Gasteiger charge is -2.37. The van der Waals surface area contributed by atoms with E-state index in [0.717, 1.165) is 11.1 Å². The van der Waals surface area contributed by atoms with E-state index in [9.17, 15) is 0 Å². The molecule has 246 valence electrons. The van der Waals surface area contributed by atoms with Crippen molar-refractivity contribution in [3.8, 4) is 0 Å². The monoisotopic (exact) mass is 624 g/mol. The summed E-state index contributed by atoms with van der Waals surface area (Å²) in [6.07, 6.45) is -0.730. The summed E-state index contributed by atoms with van der Waals surface area (Å²) in [5.41, 5.74) is 2.07. The molecule has 3 aliphatic heterocycles. The first-order chi connectivity index (χ1) is 21.6. The van der Waals surface area contributed by atoms with Gasteiger partial charge in [-0.1, -0.05) is 72.8 Å². The van der Waals surface area contributed by atoms with Crippen LogP contribution in [0, 0.1) is 5.92 Å². The van der Waals surface area contributed by atoms with Crippen LogP contribution < -0.4 is 0 Å². The maximum absolute atomic E-state index is 6.66. The summed E-state index contributed by atoms with van der Waals surface area (Å²) in [7, 11) is 1.61. The number of hydrogen-bond donors (Lipinski definition) is 0. The number of benzene rings is 2. The van der Waals surface area contributed by atoms with Gasteiger partial charge in [-0.25, -0.2) is 0 Å². The summed E-state index contributed by atoms with van der Waals surface area (Å²) in [4.78, 5) is 0. The summed E-state index contributed by atoms with van der Waals surface area (Å²) >= 11 is 0. The SMILES string of the molecule is C=CCO[C@@H]([C@H](C=C)[C@H]1O[C@@H](OC)[C@H](OCc2ccccc2)[C@@H]1OCc1ccccc1)[C@H]1OC(C)(C)O[C@@H]1[C@H]1COC(C)(C)O1. The van der Waals surface area contributed by atoms with Gasteiger partial charge in [0.25, 0.3) is 0 Å². The molecule has 9 atom stereocenters. The maximum atomic E-state index is 6.66. The smallest absolute Gasteiger partial charge is 0.186 e. The topological polar surface area (TPSA) is 83.1 Å². The highest BCUT2D eigenvalue weighted by molar-refractivity contribution is 5.15. The molecule has 9 heteroatoms. The van der Waals surface area contributed by atoms with E-state index < -0.39 is 60.4 Å². The molecular weight excluding hydrogens is 576 g/mol. The van der Waals surface area contributed by atoms with Gasteiger partial charge in [0.05, 0.1) is 38.6 Å². The van der Waals surface area contributed by atoms with Crippen LogP contribution in [0.15, 0.2) is 86.0 Å². The largest absolute Gasteiger partial charge is 0.371 e. The first-order valence-electron chi connectivity index (χ1n) is 15.7. The molecule has 0 N–H and O–H groups in total. The minimum absolute atomic E-state index is 0.277. The normalized spacial score (nSPS) is 31.9. The van der Waals surface area contributed by atoms with E-state index in [0.29, 0.717) is 19.8 Å². The van der Waals surface area contributed by atoms with E-state index in [1.165, 1.54) is 0 Å². The Morgan fingerprint density at radius 2 is 1.44 bits per heavy atom. The molecule has 3 fully saturated rings. The van der Waals surface area contributed by atoms with Crippen molar-refractivity contribution in [1.29, 1.82) is 0 Å². The average molecular weight is 625 g/mol. The molecule has 0 bridgehead atoms. The molecule has 2 aromatic rings. The highest BCUT2D eigenvalue weighted by Crippen LogP contribution is 2.42. The Hall–Kier alpha value is -2.44. The molecule has 3 aliphatic rings. The van der Waals surface area contributed by atoms with Gasteiger partial charge < -0.3 is 42.6 Å². The fourth-order valence-corrected chi connectivity index (χ4v) is 6.34. The van der Waals surface area contributed by atoms with Crippen LogP contribution in [0.5, 0.6) is 0 Å². The van der Waals surface area contributed by atoms with Crippen LogP contribution in [0.2, 0.25) is 0 Å². The molecule has 0 saturated carbocycles. The minimum Gasteiger partial charge on any atom is -0.371 e. The Kier molecular flexibility index (Phi) is 11.3. The summed E-state index contributed by atoms with van der Waals surface area (Å²) in [6.45, 7) is 17.1. The number of hydrogen-bond acceptors (Lipinski definition) is 9. The van der Waals surface area contributed by atoms with Crippen molar-refractivity contribution in [3.63, 3.8) is 0 Å². The fraction of sp³-hybridized carbons (Fsp3) is 0.556. The standard InChI is InChI=1S/C36H48O9/c1-8-20-38-28(32-30(44-36(5,6)45-32)27-23-41-35(3,4)43-27)26(9-2)29-31(39-21-24-16-12-10-13-17-24)33(34(37-7)42-29)40-22-25-18-14-11-15-19-25/h8-19,26-34H,1-2,20-23H2,3-7H3/t26-,27+,28-,29+,30+,31+,32+,33+,34+/m0/s1. The van der Waals surface area contributed by atoms with E-state index >= 15 is 0 Å². The molecule has 0 spiro atoms. The molecule has 3 heterocycles. The Bertz CT molecular complexity index is 1220. The quantitative estimate of drug-likeness (QED) is 0.236. The Balaban J connectivity index is 1.46. The van der Waals surface area contributed by atoms with Crippen LogP contribution in [-0.2, 0) is 55.8 Å². The van der Waals surface area contributed by atoms with Crippen molar-refractivity contribution in [3.05, 3.63) is 97.1 Å². The van der Waals surface area contributed by atoms with Crippen molar-refractivity contribution in [2.45, 2.75) is 102 Å². The fourth-order valence-electron chi connectivity index (χ4n) is 6.34. The van der Waals surface area contributed by atoms with Gasteiger partial charge in [0.15, 0.2) is 17.9 Å². The zero-order chi connectivity index (χ0) is 32.0. The second-order valence-corrected chi connectivity index (χ2v) is 12.6. The lowest BCUT2D eigenvalue weighted by atomic mass is 9.86. The zero-order valence-corrected chi connectivity index (χ0v) is 27.0. The molecule has 5 rings (SSSR count). The first-order valence-corrected chi connectivity index (χ1v) is 15.7. The summed E-state index contributed by atoms with van der Waals surface area (Å²) < 4.78 is 57.4. The molecule has 9 nitrogen and oxygen atoms in total. The first kappa shape index (κ1) is 33.9. The third kappa shape index (κ3) is 8.29. The van der Waals surface area contributed by atoms with Gasteiger partial charge in [-0.3, -0.25) is 0 Å². The molecule has 0 radical (unpaired) electrons. The summed E-state index contributed by atoms with van der Waals surface area (Å²) in [5, 5.41) is 0. The van der Waals surface area contributed by atoms with Crippen molar-refractivity contribution >= 4 is 0 Å². The third-order valence-corrected chi connectivity index (χ3v) is 8.33. The van der Waals surface area contributed by atoms with Gasteiger partial charge in [0, 0.05) is 13.0 Å².